The first-order chi connectivity index (χ1) is 16.4. The molecule has 0 aliphatic carbocycles. The van der Waals surface area contributed by atoms with Crippen molar-refractivity contribution in [2.24, 2.45) is 4.99 Å². The van der Waals surface area contributed by atoms with Crippen LogP contribution in [0.1, 0.15) is 5.56 Å². The van der Waals surface area contributed by atoms with Gasteiger partial charge in [0, 0.05) is 11.6 Å². The van der Waals surface area contributed by atoms with Crippen LogP contribution in [0.25, 0.3) is 6.08 Å². The van der Waals surface area contributed by atoms with Crippen molar-refractivity contribution in [3.63, 3.8) is 0 Å². The highest BCUT2D eigenvalue weighted by atomic mass is 32.2. The summed E-state index contributed by atoms with van der Waals surface area (Å²) >= 11 is 1.05. The number of hydrogen-bond acceptors (Lipinski definition) is 8. The molecule has 11 heteroatoms. The lowest BCUT2D eigenvalue weighted by Crippen LogP contribution is -2.28. The number of hydrogen-bond donors (Lipinski definition) is 0. The van der Waals surface area contributed by atoms with E-state index in [2.05, 4.69) is 4.99 Å². The summed E-state index contributed by atoms with van der Waals surface area (Å²) < 4.78 is 5.18. The number of thioether (sulfide) groups is 1. The summed E-state index contributed by atoms with van der Waals surface area (Å²) in [4.78, 5) is 40.9. The number of para-hydroxylation sites is 2. The topological polar surface area (TPSA) is 128 Å². The Labute approximate surface area is 197 Å². The van der Waals surface area contributed by atoms with Gasteiger partial charge in [-0.3, -0.25) is 29.9 Å². The maximum absolute atomic E-state index is 13.4. The maximum atomic E-state index is 13.4. The summed E-state index contributed by atoms with van der Waals surface area (Å²) in [6.07, 6.45) is 1.34. The van der Waals surface area contributed by atoms with Gasteiger partial charge < -0.3 is 4.74 Å². The molecule has 0 N–H and O–H groups in total. The Morgan fingerprint density at radius 2 is 1.62 bits per heavy atom. The number of amidine groups is 1. The van der Waals surface area contributed by atoms with Gasteiger partial charge in [0.05, 0.1) is 39.3 Å². The quantitative estimate of drug-likeness (QED) is 0.267. The molecule has 0 aromatic heterocycles. The number of benzene rings is 3. The van der Waals surface area contributed by atoms with Gasteiger partial charge in [-0.25, -0.2) is 4.99 Å². The Hall–Kier alpha value is -4.51. The number of nitro groups is 2. The maximum Gasteiger partial charge on any atom is 0.318 e. The molecule has 0 bridgehead atoms. The van der Waals surface area contributed by atoms with Gasteiger partial charge in [0.1, 0.15) is 0 Å². The summed E-state index contributed by atoms with van der Waals surface area (Å²) in [5, 5.41) is 23.2. The van der Waals surface area contributed by atoms with Crippen molar-refractivity contribution < 1.29 is 19.4 Å². The van der Waals surface area contributed by atoms with Crippen LogP contribution in [0.5, 0.6) is 5.75 Å². The minimum absolute atomic E-state index is 0.0354. The van der Waals surface area contributed by atoms with Gasteiger partial charge in [0.2, 0.25) is 5.75 Å². The molecule has 1 amide bonds. The number of anilines is 1. The van der Waals surface area contributed by atoms with E-state index in [9.17, 15) is 25.0 Å². The van der Waals surface area contributed by atoms with Crippen LogP contribution >= 0.6 is 11.8 Å². The normalized spacial score (nSPS) is 15.7. The van der Waals surface area contributed by atoms with E-state index in [0.29, 0.717) is 16.5 Å². The average molecular weight is 476 g/mol. The summed E-state index contributed by atoms with van der Waals surface area (Å²) in [5.41, 5.74) is 0.178. The van der Waals surface area contributed by atoms with Crippen molar-refractivity contribution in [3.8, 4) is 5.75 Å². The van der Waals surface area contributed by atoms with Crippen LogP contribution < -0.4 is 9.64 Å². The SMILES string of the molecule is COc1c(/C=C2\SC(=Nc3ccccc3)N(c3ccccc3)C2=O)cc([N+](=O)[O-])cc1[N+](=O)[O-]. The van der Waals surface area contributed by atoms with E-state index in [1.54, 1.807) is 36.4 Å². The van der Waals surface area contributed by atoms with Crippen LogP contribution in [0.4, 0.5) is 22.7 Å². The molecular formula is C23H16N4O6S. The van der Waals surface area contributed by atoms with Crippen molar-refractivity contribution >= 4 is 51.7 Å². The zero-order valence-corrected chi connectivity index (χ0v) is 18.5. The van der Waals surface area contributed by atoms with Gasteiger partial charge in [0.25, 0.3) is 11.6 Å². The van der Waals surface area contributed by atoms with E-state index < -0.39 is 27.1 Å². The minimum atomic E-state index is -0.768. The summed E-state index contributed by atoms with van der Waals surface area (Å²) in [7, 11) is 1.22. The standard InChI is InChI=1S/C23H16N4O6S/c1-33-21-15(12-18(26(29)30)14-19(21)27(31)32)13-20-22(28)25(17-10-6-3-7-11-17)23(34-20)24-16-8-4-2-5-9-16/h2-14H,1H3/b20-13-,24-23?. The molecule has 10 nitrogen and oxygen atoms in total. The van der Waals surface area contributed by atoms with Crippen molar-refractivity contribution in [1.82, 2.24) is 0 Å². The third-order valence-electron chi connectivity index (χ3n) is 4.78. The number of ether oxygens (including phenoxy) is 1. The first kappa shape index (κ1) is 22.7. The zero-order valence-electron chi connectivity index (χ0n) is 17.7. The molecular weight excluding hydrogens is 460 g/mol. The number of rotatable bonds is 6. The molecule has 4 rings (SSSR count). The monoisotopic (exact) mass is 476 g/mol. The van der Waals surface area contributed by atoms with E-state index in [4.69, 9.17) is 4.74 Å². The lowest BCUT2D eigenvalue weighted by Gasteiger charge is -2.15. The predicted octanol–water partition coefficient (Wildman–Crippen LogP) is 5.32. The molecule has 1 aliphatic heterocycles. The van der Waals surface area contributed by atoms with E-state index in [1.807, 2.05) is 24.3 Å². The molecule has 1 saturated heterocycles. The Morgan fingerprint density at radius 1 is 0.971 bits per heavy atom. The Kier molecular flexibility index (Phi) is 6.37. The molecule has 0 atom stereocenters. The molecule has 0 radical (unpaired) electrons. The van der Waals surface area contributed by atoms with Gasteiger partial charge in [-0.2, -0.15) is 0 Å². The Morgan fingerprint density at radius 3 is 2.21 bits per heavy atom. The Bertz CT molecular complexity index is 1340. The minimum Gasteiger partial charge on any atom is -0.490 e. The average Bonchev–Trinajstić information content (AvgIpc) is 3.13. The summed E-state index contributed by atoms with van der Waals surface area (Å²) in [6.45, 7) is 0. The van der Waals surface area contributed by atoms with Crippen LogP contribution in [0.15, 0.2) is 82.7 Å². The molecule has 1 aliphatic rings. The number of carbonyl (C=O) groups excluding carboxylic acids is 1. The van der Waals surface area contributed by atoms with Gasteiger partial charge in [0.15, 0.2) is 5.17 Å². The highest BCUT2D eigenvalue weighted by Crippen LogP contribution is 2.41. The molecule has 34 heavy (non-hydrogen) atoms. The number of amides is 1. The molecule has 170 valence electrons. The number of nitro benzene ring substituents is 2. The number of methoxy groups -OCH3 is 1. The van der Waals surface area contributed by atoms with Crippen molar-refractivity contribution in [2.75, 3.05) is 12.0 Å². The molecule has 3 aromatic rings. The van der Waals surface area contributed by atoms with Crippen LogP contribution in [-0.4, -0.2) is 28.0 Å². The second kappa shape index (κ2) is 9.55. The zero-order chi connectivity index (χ0) is 24.2. The molecule has 1 heterocycles. The van der Waals surface area contributed by atoms with Gasteiger partial charge in [-0.05, 0) is 42.1 Å². The van der Waals surface area contributed by atoms with Crippen LogP contribution in [-0.2, 0) is 4.79 Å². The van der Waals surface area contributed by atoms with Gasteiger partial charge in [-0.1, -0.05) is 36.4 Å². The van der Waals surface area contributed by atoms with Gasteiger partial charge in [-0.15, -0.1) is 0 Å². The number of aliphatic imine (C=N–C) groups is 1. The molecule has 0 spiro atoms. The highest BCUT2D eigenvalue weighted by molar-refractivity contribution is 8.19. The van der Waals surface area contributed by atoms with Crippen molar-refractivity contribution in [1.29, 1.82) is 0 Å². The second-order valence-electron chi connectivity index (χ2n) is 6.92. The predicted molar refractivity (Wildman–Crippen MR) is 129 cm³/mol. The van der Waals surface area contributed by atoms with E-state index >= 15 is 0 Å². The second-order valence-corrected chi connectivity index (χ2v) is 7.93. The number of non-ortho nitro benzene ring substituents is 1. The van der Waals surface area contributed by atoms with Crippen LogP contribution in [0, 0.1) is 20.2 Å². The summed E-state index contributed by atoms with van der Waals surface area (Å²) in [6, 6.07) is 19.9. The van der Waals surface area contributed by atoms with Crippen LogP contribution in [0.2, 0.25) is 0 Å². The third kappa shape index (κ3) is 4.50. The first-order valence-electron chi connectivity index (χ1n) is 9.82. The van der Waals surface area contributed by atoms with Crippen LogP contribution in [0.3, 0.4) is 0 Å². The highest BCUT2D eigenvalue weighted by Gasteiger charge is 2.35. The molecule has 3 aromatic carbocycles. The fraction of sp³-hybridized carbons (Fsp3) is 0.0435. The van der Waals surface area contributed by atoms with E-state index in [0.717, 1.165) is 23.9 Å². The molecule has 1 fully saturated rings. The van der Waals surface area contributed by atoms with Gasteiger partial charge >= 0.3 is 5.69 Å². The summed E-state index contributed by atoms with van der Waals surface area (Å²) in [5.74, 6) is -0.613. The van der Waals surface area contributed by atoms with E-state index in [-0.39, 0.29) is 16.2 Å². The fourth-order valence-electron chi connectivity index (χ4n) is 3.30. The lowest BCUT2D eigenvalue weighted by molar-refractivity contribution is -0.394. The third-order valence-corrected chi connectivity index (χ3v) is 5.75. The molecule has 0 unspecified atom stereocenters. The number of nitrogens with zero attached hydrogens (tertiary/aromatic N) is 4. The Balaban J connectivity index is 1.86. The van der Waals surface area contributed by atoms with Crippen molar-refractivity contribution in [2.45, 2.75) is 0 Å². The lowest BCUT2D eigenvalue weighted by atomic mass is 10.1. The smallest absolute Gasteiger partial charge is 0.318 e. The fourth-order valence-corrected chi connectivity index (χ4v) is 4.29. The largest absolute Gasteiger partial charge is 0.490 e. The van der Waals surface area contributed by atoms with E-state index in [1.165, 1.54) is 18.1 Å². The number of carbonyl (C=O) groups is 1. The van der Waals surface area contributed by atoms with Crippen molar-refractivity contribution in [3.05, 3.63) is 103 Å². The molecule has 0 saturated carbocycles. The first-order valence-corrected chi connectivity index (χ1v) is 10.6.